The van der Waals surface area contributed by atoms with Crippen molar-refractivity contribution in [1.82, 2.24) is 10.1 Å². The summed E-state index contributed by atoms with van der Waals surface area (Å²) in [4.78, 5) is 4.18. The van der Waals surface area contributed by atoms with E-state index >= 15 is 0 Å². The van der Waals surface area contributed by atoms with Crippen LogP contribution >= 0.6 is 0 Å². The monoisotopic (exact) mass is 250 g/mol. The van der Waals surface area contributed by atoms with Crippen molar-refractivity contribution in [1.29, 1.82) is 0 Å². The fourth-order valence-electron chi connectivity index (χ4n) is 1.66. The van der Waals surface area contributed by atoms with Crippen LogP contribution in [0.5, 0.6) is 11.5 Å². The lowest BCUT2D eigenvalue weighted by Crippen LogP contribution is -2.01. The Morgan fingerprint density at radius 3 is 2.50 bits per heavy atom. The van der Waals surface area contributed by atoms with E-state index in [2.05, 4.69) is 10.1 Å². The molecule has 6 nitrogen and oxygen atoms in total. The summed E-state index contributed by atoms with van der Waals surface area (Å²) in [6.07, 6.45) is 0.495. The maximum Gasteiger partial charge on any atom is 0.258 e. The maximum atomic E-state index is 9.39. The molecule has 2 rings (SSSR count). The van der Waals surface area contributed by atoms with Crippen molar-refractivity contribution in [3.05, 3.63) is 24.0 Å². The third-order valence-electron chi connectivity index (χ3n) is 2.53. The Kier molecular flexibility index (Phi) is 3.47. The molecule has 0 aliphatic rings. The average Bonchev–Trinajstić information content (AvgIpc) is 2.79. The second kappa shape index (κ2) is 5.05. The molecule has 6 heteroatoms. The summed E-state index contributed by atoms with van der Waals surface area (Å²) >= 11 is 0. The molecule has 0 spiro atoms. The first kappa shape index (κ1) is 12.4. The van der Waals surface area contributed by atoms with Gasteiger partial charge in [-0.05, 0) is 18.6 Å². The summed E-state index contributed by atoms with van der Waals surface area (Å²) in [7, 11) is 1.57. The lowest BCUT2D eigenvalue weighted by Gasteiger charge is -2.06. The topological polar surface area (TPSA) is 88.6 Å². The number of phenolic OH excluding ortho intramolecular Hbond substituents is 2. The number of rotatable bonds is 4. The van der Waals surface area contributed by atoms with Crippen LogP contribution in [0.25, 0.3) is 11.5 Å². The van der Waals surface area contributed by atoms with E-state index in [1.807, 2.05) is 6.92 Å². The van der Waals surface area contributed by atoms with Gasteiger partial charge in [0.15, 0.2) is 0 Å². The lowest BCUT2D eigenvalue weighted by molar-refractivity contribution is 0.0903. The Labute approximate surface area is 104 Å². The highest BCUT2D eigenvalue weighted by atomic mass is 16.5. The zero-order valence-electron chi connectivity index (χ0n) is 10.1. The molecule has 0 amide bonds. The van der Waals surface area contributed by atoms with E-state index in [9.17, 15) is 10.2 Å². The van der Waals surface area contributed by atoms with Crippen LogP contribution in [0, 0.1) is 0 Å². The van der Waals surface area contributed by atoms with Crippen LogP contribution in [-0.2, 0) is 4.74 Å². The highest BCUT2D eigenvalue weighted by Crippen LogP contribution is 2.28. The number of aromatic nitrogens is 2. The third-order valence-corrected chi connectivity index (χ3v) is 2.53. The van der Waals surface area contributed by atoms with Gasteiger partial charge in [0.25, 0.3) is 5.89 Å². The minimum atomic E-state index is -0.228. The predicted octanol–water partition coefficient (Wildman–Crippen LogP) is 2.25. The van der Waals surface area contributed by atoms with Crippen LogP contribution in [0.15, 0.2) is 22.7 Å². The largest absolute Gasteiger partial charge is 0.508 e. The summed E-state index contributed by atoms with van der Waals surface area (Å²) in [5, 5.41) is 22.6. The molecular formula is C12H14N2O4. The quantitative estimate of drug-likeness (QED) is 0.865. The van der Waals surface area contributed by atoms with Gasteiger partial charge in [-0.1, -0.05) is 12.1 Å². The van der Waals surface area contributed by atoms with Gasteiger partial charge in [0, 0.05) is 18.7 Å². The van der Waals surface area contributed by atoms with Gasteiger partial charge in [-0.3, -0.25) is 0 Å². The smallest absolute Gasteiger partial charge is 0.258 e. The molecular weight excluding hydrogens is 236 g/mol. The van der Waals surface area contributed by atoms with Gasteiger partial charge in [0.2, 0.25) is 5.82 Å². The predicted molar refractivity (Wildman–Crippen MR) is 63.1 cm³/mol. The van der Waals surface area contributed by atoms with E-state index < -0.39 is 0 Å². The van der Waals surface area contributed by atoms with Crippen molar-refractivity contribution >= 4 is 0 Å². The van der Waals surface area contributed by atoms with Crippen LogP contribution in [0.2, 0.25) is 0 Å². The van der Waals surface area contributed by atoms with Crippen molar-refractivity contribution < 1.29 is 19.5 Å². The molecule has 18 heavy (non-hydrogen) atoms. The second-order valence-electron chi connectivity index (χ2n) is 3.83. The number of benzene rings is 1. The lowest BCUT2D eigenvalue weighted by atomic mass is 10.2. The first-order valence-corrected chi connectivity index (χ1v) is 5.53. The van der Waals surface area contributed by atoms with Gasteiger partial charge in [0.05, 0.1) is 0 Å². The van der Waals surface area contributed by atoms with Crippen molar-refractivity contribution in [2.75, 3.05) is 7.11 Å². The molecule has 1 unspecified atom stereocenters. The fourth-order valence-corrected chi connectivity index (χ4v) is 1.66. The highest BCUT2D eigenvalue weighted by molar-refractivity contribution is 5.58. The van der Waals surface area contributed by atoms with Crippen LogP contribution in [0.3, 0.4) is 0 Å². The Morgan fingerprint density at radius 2 is 1.94 bits per heavy atom. The number of aromatic hydroxyl groups is 2. The SMILES string of the molecule is CCC(OC)c1noc(-c2cc(O)cc(O)c2)n1. The van der Waals surface area contributed by atoms with E-state index in [4.69, 9.17) is 9.26 Å². The van der Waals surface area contributed by atoms with Crippen LogP contribution in [-0.4, -0.2) is 27.5 Å². The van der Waals surface area contributed by atoms with Crippen molar-refractivity contribution in [3.63, 3.8) is 0 Å². The molecule has 2 aromatic rings. The van der Waals surface area contributed by atoms with E-state index in [-0.39, 0.29) is 23.5 Å². The Hall–Kier alpha value is -2.08. The number of hydrogen-bond donors (Lipinski definition) is 2. The van der Waals surface area contributed by atoms with Crippen molar-refractivity contribution in [2.45, 2.75) is 19.4 Å². The zero-order chi connectivity index (χ0) is 13.1. The number of methoxy groups -OCH3 is 1. The van der Waals surface area contributed by atoms with E-state index in [0.29, 0.717) is 11.4 Å². The summed E-state index contributed by atoms with van der Waals surface area (Å²) in [6, 6.07) is 4.10. The zero-order valence-corrected chi connectivity index (χ0v) is 10.1. The first-order valence-electron chi connectivity index (χ1n) is 5.53. The van der Waals surface area contributed by atoms with E-state index in [1.165, 1.54) is 18.2 Å². The summed E-state index contributed by atoms with van der Waals surface area (Å²) in [6.45, 7) is 1.95. The second-order valence-corrected chi connectivity index (χ2v) is 3.83. The summed E-state index contributed by atoms with van der Waals surface area (Å²) < 4.78 is 10.3. The van der Waals surface area contributed by atoms with E-state index in [0.717, 1.165) is 6.42 Å². The number of ether oxygens (including phenoxy) is 1. The Morgan fingerprint density at radius 1 is 1.28 bits per heavy atom. The number of hydrogen-bond acceptors (Lipinski definition) is 6. The van der Waals surface area contributed by atoms with Gasteiger partial charge in [-0.15, -0.1) is 0 Å². The summed E-state index contributed by atoms with van der Waals surface area (Å²) in [5.74, 6) is 0.539. The number of phenols is 2. The minimum Gasteiger partial charge on any atom is -0.508 e. The first-order chi connectivity index (χ1) is 8.63. The Balaban J connectivity index is 2.34. The van der Waals surface area contributed by atoms with Crippen molar-refractivity contribution in [2.24, 2.45) is 0 Å². The molecule has 0 aliphatic carbocycles. The van der Waals surface area contributed by atoms with Gasteiger partial charge in [0.1, 0.15) is 17.6 Å². The standard InChI is InChI=1S/C12H14N2O4/c1-3-10(17-2)11-13-12(18-14-11)7-4-8(15)6-9(16)5-7/h4-6,10,15-16H,3H2,1-2H3. The molecule has 0 saturated carbocycles. The van der Waals surface area contributed by atoms with Gasteiger partial charge in [-0.25, -0.2) is 0 Å². The van der Waals surface area contributed by atoms with Gasteiger partial charge in [-0.2, -0.15) is 4.98 Å². The highest BCUT2D eigenvalue weighted by Gasteiger charge is 2.17. The van der Waals surface area contributed by atoms with Gasteiger partial charge < -0.3 is 19.5 Å². The molecule has 0 radical (unpaired) electrons. The molecule has 96 valence electrons. The molecule has 0 fully saturated rings. The minimum absolute atomic E-state index is 0.0662. The normalized spacial score (nSPS) is 12.6. The third kappa shape index (κ3) is 2.43. The molecule has 2 N–H and O–H groups in total. The van der Waals surface area contributed by atoms with Crippen LogP contribution < -0.4 is 0 Å². The molecule has 1 atom stereocenters. The van der Waals surface area contributed by atoms with Gasteiger partial charge >= 0.3 is 0 Å². The molecule has 0 bridgehead atoms. The molecule has 1 aromatic carbocycles. The number of nitrogens with zero attached hydrogens (tertiary/aromatic N) is 2. The molecule has 1 heterocycles. The Bertz CT molecular complexity index is 514. The average molecular weight is 250 g/mol. The molecule has 1 aromatic heterocycles. The van der Waals surface area contributed by atoms with Crippen molar-refractivity contribution in [3.8, 4) is 23.0 Å². The van der Waals surface area contributed by atoms with Crippen LogP contribution in [0.1, 0.15) is 25.3 Å². The van der Waals surface area contributed by atoms with Crippen LogP contribution in [0.4, 0.5) is 0 Å². The molecule has 0 saturated heterocycles. The maximum absolute atomic E-state index is 9.39. The fraction of sp³-hybridized carbons (Fsp3) is 0.333. The summed E-state index contributed by atoms with van der Waals surface area (Å²) in [5.41, 5.74) is 0.456. The molecule has 0 aliphatic heterocycles. The van der Waals surface area contributed by atoms with E-state index in [1.54, 1.807) is 7.11 Å².